The van der Waals surface area contributed by atoms with Crippen LogP contribution in [-0.2, 0) is 0 Å². The zero-order chi connectivity index (χ0) is 18.7. The number of allylic oxidation sites excluding steroid dienone is 2. The third kappa shape index (κ3) is 4.54. The van der Waals surface area contributed by atoms with Crippen molar-refractivity contribution in [1.82, 2.24) is 0 Å². The molecule has 0 saturated heterocycles. The summed E-state index contributed by atoms with van der Waals surface area (Å²) in [7, 11) is 0. The Morgan fingerprint density at radius 2 is 1.35 bits per heavy atom. The second-order valence-corrected chi connectivity index (χ2v) is 7.11. The van der Waals surface area contributed by atoms with E-state index in [1.807, 2.05) is 0 Å². The monoisotopic (exact) mass is 362 g/mol. The molecule has 2 aromatic rings. The first-order valence-corrected chi connectivity index (χ1v) is 8.94. The molecule has 1 aliphatic rings. The number of hydrogen-bond donors (Lipinski definition) is 0. The fraction of sp³-hybridized carbons (Fsp3) is 0.364. The van der Waals surface area contributed by atoms with E-state index in [1.165, 1.54) is 16.7 Å². The zero-order valence-electron chi connectivity index (χ0n) is 14.7. The van der Waals surface area contributed by atoms with E-state index in [9.17, 15) is 17.6 Å². The largest absolute Gasteiger partial charge is 0.442 e. The molecule has 0 N–H and O–H groups in total. The fourth-order valence-electron chi connectivity index (χ4n) is 3.61. The number of halogens is 4. The van der Waals surface area contributed by atoms with Crippen LogP contribution in [0, 0.1) is 12.8 Å². The van der Waals surface area contributed by atoms with Crippen LogP contribution in [0.5, 0.6) is 0 Å². The molecule has 0 bridgehead atoms. The average molecular weight is 362 g/mol. The highest BCUT2D eigenvalue weighted by Gasteiger charge is 2.35. The van der Waals surface area contributed by atoms with Gasteiger partial charge in [-0.15, -0.1) is 0 Å². The number of rotatable bonds is 3. The Labute approximate surface area is 151 Å². The maximum Gasteiger partial charge on any atom is 0.442 e. The van der Waals surface area contributed by atoms with Crippen molar-refractivity contribution in [2.75, 3.05) is 0 Å². The van der Waals surface area contributed by atoms with Gasteiger partial charge in [0.05, 0.1) is 0 Å². The van der Waals surface area contributed by atoms with E-state index in [-0.39, 0.29) is 5.92 Å². The van der Waals surface area contributed by atoms with Gasteiger partial charge >= 0.3 is 6.18 Å². The smallest absolute Gasteiger partial charge is 0.202 e. The summed E-state index contributed by atoms with van der Waals surface area (Å²) in [6, 6.07) is 16.7. The molecule has 26 heavy (non-hydrogen) atoms. The van der Waals surface area contributed by atoms with E-state index < -0.39 is 12.0 Å². The van der Waals surface area contributed by atoms with Crippen LogP contribution in [0.3, 0.4) is 0 Å². The molecule has 0 aromatic heterocycles. The predicted molar refractivity (Wildman–Crippen MR) is 96.6 cm³/mol. The van der Waals surface area contributed by atoms with Crippen molar-refractivity contribution < 1.29 is 17.6 Å². The molecule has 0 unspecified atom stereocenters. The molecule has 2 aromatic carbocycles. The van der Waals surface area contributed by atoms with Crippen LogP contribution in [-0.4, -0.2) is 6.18 Å². The third-order valence-corrected chi connectivity index (χ3v) is 5.19. The number of benzene rings is 2. The van der Waals surface area contributed by atoms with E-state index >= 15 is 0 Å². The van der Waals surface area contributed by atoms with Gasteiger partial charge in [0.1, 0.15) is 0 Å². The molecular formula is C22H22F4. The van der Waals surface area contributed by atoms with Crippen LogP contribution < -0.4 is 0 Å². The van der Waals surface area contributed by atoms with Crippen molar-refractivity contribution in [3.8, 4) is 11.1 Å². The van der Waals surface area contributed by atoms with Gasteiger partial charge in [0.2, 0.25) is 0 Å². The molecule has 1 saturated carbocycles. The topological polar surface area (TPSA) is 0 Å². The van der Waals surface area contributed by atoms with Gasteiger partial charge in [0, 0.05) is 0 Å². The first-order valence-electron chi connectivity index (χ1n) is 8.94. The van der Waals surface area contributed by atoms with Crippen molar-refractivity contribution in [1.29, 1.82) is 0 Å². The molecular weight excluding hydrogens is 340 g/mol. The van der Waals surface area contributed by atoms with Crippen molar-refractivity contribution in [3.05, 3.63) is 71.6 Å². The quantitative estimate of drug-likeness (QED) is 0.501. The molecule has 4 heteroatoms. The summed E-state index contributed by atoms with van der Waals surface area (Å²) in [5.74, 6) is -1.94. The van der Waals surface area contributed by atoms with Gasteiger partial charge in [0.25, 0.3) is 0 Å². The highest BCUT2D eigenvalue weighted by molar-refractivity contribution is 5.64. The lowest BCUT2D eigenvalue weighted by atomic mass is 9.78. The molecule has 3 rings (SSSR count). The van der Waals surface area contributed by atoms with Crippen molar-refractivity contribution >= 4 is 0 Å². The van der Waals surface area contributed by atoms with Crippen molar-refractivity contribution in [2.24, 2.45) is 5.92 Å². The second-order valence-electron chi connectivity index (χ2n) is 7.11. The molecule has 0 amide bonds. The number of aryl methyl sites for hydroxylation is 1. The Hall–Kier alpha value is -2.10. The van der Waals surface area contributed by atoms with Crippen LogP contribution in [0.15, 0.2) is 60.4 Å². The Kier molecular flexibility index (Phi) is 5.49. The van der Waals surface area contributed by atoms with Crippen LogP contribution in [0.2, 0.25) is 0 Å². The van der Waals surface area contributed by atoms with E-state index in [4.69, 9.17) is 0 Å². The summed E-state index contributed by atoms with van der Waals surface area (Å²) < 4.78 is 50.0. The maximum atomic E-state index is 13.1. The minimum absolute atomic E-state index is 0.320. The fourth-order valence-corrected chi connectivity index (χ4v) is 3.61. The lowest BCUT2D eigenvalue weighted by molar-refractivity contribution is -0.109. The molecule has 0 heterocycles. The molecule has 1 fully saturated rings. The molecule has 0 atom stereocenters. The molecule has 0 spiro atoms. The Morgan fingerprint density at radius 1 is 0.846 bits per heavy atom. The Morgan fingerprint density at radius 3 is 1.85 bits per heavy atom. The zero-order valence-corrected chi connectivity index (χ0v) is 14.7. The van der Waals surface area contributed by atoms with Gasteiger partial charge in [-0.3, -0.25) is 0 Å². The predicted octanol–water partition coefficient (Wildman–Crippen LogP) is 7.35. The summed E-state index contributed by atoms with van der Waals surface area (Å²) >= 11 is 0. The van der Waals surface area contributed by atoms with E-state index in [0.717, 1.165) is 24.5 Å². The summed E-state index contributed by atoms with van der Waals surface area (Å²) in [6.45, 7) is 2.05. The molecule has 0 radical (unpaired) electrons. The number of hydrogen-bond acceptors (Lipinski definition) is 0. The van der Waals surface area contributed by atoms with E-state index in [0.29, 0.717) is 18.8 Å². The van der Waals surface area contributed by atoms with Gasteiger partial charge in [-0.1, -0.05) is 54.1 Å². The molecule has 0 aliphatic heterocycles. The van der Waals surface area contributed by atoms with E-state index in [2.05, 4.69) is 55.5 Å². The molecule has 138 valence electrons. The maximum absolute atomic E-state index is 13.1. The summed E-state index contributed by atoms with van der Waals surface area (Å²) in [4.78, 5) is 0. The minimum atomic E-state index is -4.86. The van der Waals surface area contributed by atoms with Gasteiger partial charge in [-0.05, 0) is 67.2 Å². The van der Waals surface area contributed by atoms with Gasteiger partial charge in [0.15, 0.2) is 5.83 Å². The lowest BCUT2D eigenvalue weighted by Crippen LogP contribution is -2.15. The highest BCUT2D eigenvalue weighted by atomic mass is 19.4. The highest BCUT2D eigenvalue weighted by Crippen LogP contribution is 2.38. The normalized spacial score (nSPS) is 21.7. The minimum Gasteiger partial charge on any atom is -0.202 e. The van der Waals surface area contributed by atoms with Gasteiger partial charge < -0.3 is 0 Å². The molecule has 1 aliphatic carbocycles. The van der Waals surface area contributed by atoms with Crippen LogP contribution in [0.1, 0.15) is 42.7 Å². The molecule has 0 nitrogen and oxygen atoms in total. The summed E-state index contributed by atoms with van der Waals surface area (Å²) in [6.07, 6.45) is -1.34. The first-order chi connectivity index (χ1) is 12.3. The second kappa shape index (κ2) is 7.65. The van der Waals surface area contributed by atoms with Crippen molar-refractivity contribution in [2.45, 2.75) is 44.7 Å². The average Bonchev–Trinajstić information content (AvgIpc) is 2.62. The van der Waals surface area contributed by atoms with Crippen LogP contribution in [0.4, 0.5) is 17.6 Å². The van der Waals surface area contributed by atoms with Crippen LogP contribution in [0.25, 0.3) is 11.1 Å². The van der Waals surface area contributed by atoms with E-state index in [1.54, 1.807) is 0 Å². The lowest BCUT2D eigenvalue weighted by Gasteiger charge is -2.27. The van der Waals surface area contributed by atoms with Gasteiger partial charge in [-0.2, -0.15) is 13.2 Å². The van der Waals surface area contributed by atoms with Crippen molar-refractivity contribution in [3.63, 3.8) is 0 Å². The summed E-state index contributed by atoms with van der Waals surface area (Å²) in [5, 5.41) is 0. The van der Waals surface area contributed by atoms with Gasteiger partial charge in [-0.25, -0.2) is 4.39 Å². The third-order valence-electron chi connectivity index (χ3n) is 5.19. The summed E-state index contributed by atoms with van der Waals surface area (Å²) in [5.41, 5.74) is 4.74. The first kappa shape index (κ1) is 18.7. The Balaban J connectivity index is 1.62. The SMILES string of the molecule is Cc1ccc(-c2ccc(C3CCC(C=C(F)C(F)(F)F)CC3)cc2)cc1. The van der Waals surface area contributed by atoms with Crippen LogP contribution >= 0.6 is 0 Å². The number of alkyl halides is 3. The standard InChI is InChI=1S/C22H22F4/c1-15-2-6-17(7-3-15)19-10-12-20(13-11-19)18-8-4-16(5-9-18)14-21(23)22(24,25)26/h2-3,6-7,10-14,16,18H,4-5,8-9H2,1H3. The Bertz CT molecular complexity index is 746.